The van der Waals surface area contributed by atoms with Gasteiger partial charge in [0.2, 0.25) is 5.91 Å². The Labute approximate surface area is 110 Å². The van der Waals surface area contributed by atoms with Crippen molar-refractivity contribution in [3.63, 3.8) is 0 Å². The molecule has 8 heteroatoms. The predicted molar refractivity (Wildman–Crippen MR) is 62.9 cm³/mol. The molecule has 106 valence electrons. The van der Waals surface area contributed by atoms with E-state index in [1.807, 2.05) is 0 Å². The summed E-state index contributed by atoms with van der Waals surface area (Å²) >= 11 is 0. The number of aliphatic hydroxyl groups excluding tert-OH is 2. The van der Waals surface area contributed by atoms with Gasteiger partial charge in [-0.2, -0.15) is 0 Å². The van der Waals surface area contributed by atoms with Crippen LogP contribution in [0, 0.1) is 0 Å². The summed E-state index contributed by atoms with van der Waals surface area (Å²) in [6.45, 7) is 2.75. The van der Waals surface area contributed by atoms with Crippen LogP contribution < -0.4 is 5.32 Å². The second-order valence-corrected chi connectivity index (χ2v) is 5.38. The summed E-state index contributed by atoms with van der Waals surface area (Å²) in [7, 11) is 0. The number of urea groups is 1. The van der Waals surface area contributed by atoms with Gasteiger partial charge in [-0.05, 0) is 13.8 Å². The van der Waals surface area contributed by atoms with Crippen molar-refractivity contribution >= 4 is 17.8 Å². The van der Waals surface area contributed by atoms with Crippen LogP contribution in [0.25, 0.3) is 0 Å². The second kappa shape index (κ2) is 4.46. The normalized spacial score (nSPS) is 29.9. The first-order chi connectivity index (χ1) is 8.72. The third kappa shape index (κ3) is 2.41. The van der Waals surface area contributed by atoms with E-state index in [0.717, 1.165) is 4.90 Å². The minimum Gasteiger partial charge on any atom is -0.388 e. The molecule has 2 atom stereocenters. The van der Waals surface area contributed by atoms with Gasteiger partial charge in [0, 0.05) is 13.1 Å². The minimum absolute atomic E-state index is 0.00699. The number of hydrogen-bond acceptors (Lipinski definition) is 5. The van der Waals surface area contributed by atoms with Crippen LogP contribution in [0.3, 0.4) is 0 Å². The van der Waals surface area contributed by atoms with E-state index in [1.54, 1.807) is 13.8 Å². The number of imide groups is 1. The number of hydrogen-bond donors (Lipinski definition) is 3. The Bertz CT molecular complexity index is 426. The van der Waals surface area contributed by atoms with Gasteiger partial charge in [0.15, 0.2) is 0 Å². The van der Waals surface area contributed by atoms with Gasteiger partial charge >= 0.3 is 6.03 Å². The largest absolute Gasteiger partial charge is 0.388 e. The first-order valence-corrected chi connectivity index (χ1v) is 6.00. The first-order valence-electron chi connectivity index (χ1n) is 6.00. The molecule has 0 aromatic rings. The summed E-state index contributed by atoms with van der Waals surface area (Å²) in [6, 6.07) is -0.608. The maximum atomic E-state index is 11.9. The third-order valence-electron chi connectivity index (χ3n) is 3.35. The van der Waals surface area contributed by atoms with Crippen molar-refractivity contribution in [3.05, 3.63) is 0 Å². The number of nitrogens with one attached hydrogen (secondary N) is 1. The van der Waals surface area contributed by atoms with Gasteiger partial charge in [0.05, 0.1) is 12.2 Å². The van der Waals surface area contributed by atoms with Crippen LogP contribution in [0.1, 0.15) is 13.8 Å². The van der Waals surface area contributed by atoms with Crippen molar-refractivity contribution in [2.24, 2.45) is 0 Å². The van der Waals surface area contributed by atoms with Crippen LogP contribution in [0.15, 0.2) is 0 Å². The number of carbonyl (C=O) groups excluding carboxylic acids is 3. The van der Waals surface area contributed by atoms with Crippen LogP contribution in [0.5, 0.6) is 0 Å². The number of carbonyl (C=O) groups is 3. The van der Waals surface area contributed by atoms with E-state index in [-0.39, 0.29) is 19.6 Å². The van der Waals surface area contributed by atoms with E-state index in [2.05, 4.69) is 5.32 Å². The van der Waals surface area contributed by atoms with Gasteiger partial charge in [0.1, 0.15) is 12.1 Å². The Morgan fingerprint density at radius 3 is 2.26 bits per heavy atom. The molecular weight excluding hydrogens is 254 g/mol. The molecule has 2 heterocycles. The number of β-amino-alcohol motifs (C(OH)–C–C–N with tert-alkyl or cyclic N) is 2. The Morgan fingerprint density at radius 2 is 1.84 bits per heavy atom. The molecule has 2 saturated heterocycles. The highest BCUT2D eigenvalue weighted by molar-refractivity contribution is 6.08. The molecule has 0 aromatic heterocycles. The van der Waals surface area contributed by atoms with Gasteiger partial charge in [-0.3, -0.25) is 14.5 Å². The number of likely N-dealkylation sites (tertiary alicyclic amines) is 1. The lowest BCUT2D eigenvalue weighted by Gasteiger charge is -2.20. The van der Waals surface area contributed by atoms with Gasteiger partial charge < -0.3 is 20.4 Å². The van der Waals surface area contributed by atoms with Crippen molar-refractivity contribution < 1.29 is 24.6 Å². The Balaban J connectivity index is 2.00. The predicted octanol–water partition coefficient (Wildman–Crippen LogP) is -2.12. The Hall–Kier alpha value is -1.67. The smallest absolute Gasteiger partial charge is 0.325 e. The van der Waals surface area contributed by atoms with Crippen molar-refractivity contribution in [1.82, 2.24) is 15.1 Å². The second-order valence-electron chi connectivity index (χ2n) is 5.38. The van der Waals surface area contributed by atoms with Crippen LogP contribution in [0.4, 0.5) is 4.79 Å². The van der Waals surface area contributed by atoms with E-state index in [0.29, 0.717) is 0 Å². The summed E-state index contributed by atoms with van der Waals surface area (Å²) in [5.74, 6) is -0.942. The molecule has 2 rings (SSSR count). The van der Waals surface area contributed by atoms with Gasteiger partial charge in [-0.15, -0.1) is 0 Å². The quantitative estimate of drug-likeness (QED) is 0.497. The fourth-order valence-corrected chi connectivity index (χ4v) is 2.17. The molecule has 8 nitrogen and oxygen atoms in total. The fourth-order valence-electron chi connectivity index (χ4n) is 2.17. The molecule has 0 spiro atoms. The molecular formula is C11H17N3O5. The number of nitrogens with zero attached hydrogens (tertiary/aromatic N) is 2. The number of amides is 4. The molecule has 0 radical (unpaired) electrons. The minimum atomic E-state index is -1.01. The summed E-state index contributed by atoms with van der Waals surface area (Å²) in [4.78, 5) is 37.5. The molecule has 0 unspecified atom stereocenters. The average Bonchev–Trinajstić information content (AvgIpc) is 2.72. The molecule has 0 bridgehead atoms. The van der Waals surface area contributed by atoms with Crippen LogP contribution in [-0.4, -0.2) is 75.2 Å². The first kappa shape index (κ1) is 13.8. The van der Waals surface area contributed by atoms with E-state index >= 15 is 0 Å². The summed E-state index contributed by atoms with van der Waals surface area (Å²) in [5.41, 5.74) is -1.01. The van der Waals surface area contributed by atoms with Crippen molar-refractivity contribution in [2.75, 3.05) is 19.6 Å². The molecule has 2 fully saturated rings. The fraction of sp³-hybridized carbons (Fsp3) is 0.727. The van der Waals surface area contributed by atoms with E-state index in [1.165, 1.54) is 4.90 Å². The van der Waals surface area contributed by atoms with Crippen molar-refractivity contribution in [2.45, 2.75) is 31.6 Å². The highest BCUT2D eigenvalue weighted by atomic mass is 16.3. The molecule has 2 aliphatic rings. The van der Waals surface area contributed by atoms with Crippen LogP contribution in [-0.2, 0) is 9.59 Å². The van der Waals surface area contributed by atoms with E-state index in [9.17, 15) is 24.6 Å². The highest BCUT2D eigenvalue weighted by Crippen LogP contribution is 2.17. The molecule has 2 aliphatic heterocycles. The molecule has 0 aromatic carbocycles. The SMILES string of the molecule is CC1(C)NC(=O)N(CC(=O)N2C[C@@H](O)[C@@H](O)C2)C1=O. The summed E-state index contributed by atoms with van der Waals surface area (Å²) < 4.78 is 0. The zero-order valence-electron chi connectivity index (χ0n) is 10.8. The van der Waals surface area contributed by atoms with E-state index < -0.39 is 35.6 Å². The topological polar surface area (TPSA) is 110 Å². The molecule has 19 heavy (non-hydrogen) atoms. The molecule has 3 N–H and O–H groups in total. The lowest BCUT2D eigenvalue weighted by atomic mass is 10.1. The van der Waals surface area contributed by atoms with Gasteiger partial charge in [-0.25, -0.2) is 4.79 Å². The Morgan fingerprint density at radius 1 is 1.32 bits per heavy atom. The maximum Gasteiger partial charge on any atom is 0.325 e. The van der Waals surface area contributed by atoms with Gasteiger partial charge in [-0.1, -0.05) is 0 Å². The summed E-state index contributed by atoms with van der Waals surface area (Å²) in [5, 5.41) is 21.2. The van der Waals surface area contributed by atoms with Gasteiger partial charge in [0.25, 0.3) is 5.91 Å². The number of rotatable bonds is 2. The molecule has 0 saturated carbocycles. The Kier molecular flexibility index (Phi) is 3.23. The molecule has 4 amide bonds. The number of aliphatic hydroxyl groups is 2. The maximum absolute atomic E-state index is 11.9. The standard InChI is InChI=1S/C11H17N3O5/c1-11(2)9(18)14(10(19)12-11)5-8(17)13-3-6(15)7(16)4-13/h6-7,15-16H,3-5H2,1-2H3,(H,12,19)/t6-,7+. The van der Waals surface area contributed by atoms with Crippen LogP contribution in [0.2, 0.25) is 0 Å². The third-order valence-corrected chi connectivity index (χ3v) is 3.35. The summed E-state index contributed by atoms with van der Waals surface area (Å²) in [6.07, 6.45) is -1.97. The monoisotopic (exact) mass is 271 g/mol. The molecule has 0 aliphatic carbocycles. The van der Waals surface area contributed by atoms with Crippen molar-refractivity contribution in [3.8, 4) is 0 Å². The average molecular weight is 271 g/mol. The zero-order valence-corrected chi connectivity index (χ0v) is 10.8. The van der Waals surface area contributed by atoms with Crippen molar-refractivity contribution in [1.29, 1.82) is 0 Å². The highest BCUT2D eigenvalue weighted by Gasteiger charge is 2.45. The lowest BCUT2D eigenvalue weighted by molar-refractivity contribution is -0.138. The van der Waals surface area contributed by atoms with Crippen LogP contribution >= 0.6 is 0 Å². The zero-order chi connectivity index (χ0) is 14.4. The van der Waals surface area contributed by atoms with E-state index in [4.69, 9.17) is 0 Å². The lowest BCUT2D eigenvalue weighted by Crippen LogP contribution is -2.44.